The number of aliphatic hydroxyl groups is 1. The standard InChI is InChI=1S/C17H12F6N2O5/c1-16(27,7-30-12-5-3-10(18)13(19)14(12)20)15(26)24-8-2-4-11(25(28)29)9(6-8)17(21,22)23/h2-6,27H,7H2,1H3,(H,24,26)/t16-/m0/s1. The number of amides is 1. The van der Waals surface area contributed by atoms with Crippen LogP contribution < -0.4 is 10.1 Å². The number of benzene rings is 2. The Morgan fingerprint density at radius 1 is 1.17 bits per heavy atom. The number of ether oxygens (including phenoxy) is 1. The van der Waals surface area contributed by atoms with Crippen LogP contribution in [-0.2, 0) is 11.0 Å². The molecular weight excluding hydrogens is 426 g/mol. The van der Waals surface area contributed by atoms with E-state index in [1.54, 1.807) is 0 Å². The van der Waals surface area contributed by atoms with Gasteiger partial charge >= 0.3 is 6.18 Å². The Labute approximate surface area is 164 Å². The number of nitro benzene ring substituents is 1. The van der Waals surface area contributed by atoms with Gasteiger partial charge in [0.05, 0.1) is 4.92 Å². The molecule has 0 aliphatic heterocycles. The van der Waals surface area contributed by atoms with E-state index in [1.165, 1.54) is 0 Å². The zero-order chi connectivity index (χ0) is 22.9. The van der Waals surface area contributed by atoms with Crippen molar-refractivity contribution < 1.29 is 45.9 Å². The summed E-state index contributed by atoms with van der Waals surface area (Å²) in [5.41, 5.74) is -5.87. The molecule has 2 rings (SSSR count). The summed E-state index contributed by atoms with van der Waals surface area (Å²) in [6, 6.07) is 2.85. The van der Waals surface area contributed by atoms with Crippen LogP contribution in [0.15, 0.2) is 30.3 Å². The van der Waals surface area contributed by atoms with Gasteiger partial charge in [0, 0.05) is 11.8 Å². The molecule has 2 aromatic rings. The Morgan fingerprint density at radius 2 is 1.80 bits per heavy atom. The minimum atomic E-state index is -5.10. The fourth-order valence-corrected chi connectivity index (χ4v) is 2.17. The van der Waals surface area contributed by atoms with Crippen LogP contribution in [0.3, 0.4) is 0 Å². The molecule has 7 nitrogen and oxygen atoms in total. The van der Waals surface area contributed by atoms with E-state index in [9.17, 15) is 46.4 Å². The van der Waals surface area contributed by atoms with Crippen molar-refractivity contribution in [3.05, 3.63) is 63.5 Å². The maximum Gasteiger partial charge on any atom is 0.423 e. The second-order valence-electron chi connectivity index (χ2n) is 6.18. The molecule has 0 saturated carbocycles. The second kappa shape index (κ2) is 8.18. The lowest BCUT2D eigenvalue weighted by Gasteiger charge is -2.23. The van der Waals surface area contributed by atoms with Crippen LogP contribution in [0.2, 0.25) is 0 Å². The van der Waals surface area contributed by atoms with Crippen molar-refractivity contribution in [2.24, 2.45) is 0 Å². The van der Waals surface area contributed by atoms with Crippen LogP contribution in [0.5, 0.6) is 5.75 Å². The molecule has 0 fully saturated rings. The normalized spacial score (nSPS) is 13.5. The third kappa shape index (κ3) is 4.97. The first-order chi connectivity index (χ1) is 13.7. The molecule has 0 spiro atoms. The van der Waals surface area contributed by atoms with E-state index >= 15 is 0 Å². The van der Waals surface area contributed by atoms with Crippen LogP contribution in [0.25, 0.3) is 0 Å². The van der Waals surface area contributed by atoms with Crippen molar-refractivity contribution in [2.45, 2.75) is 18.7 Å². The molecule has 1 atom stereocenters. The van der Waals surface area contributed by atoms with Gasteiger partial charge in [-0.3, -0.25) is 14.9 Å². The molecule has 0 aromatic heterocycles. The van der Waals surface area contributed by atoms with Gasteiger partial charge in [-0.25, -0.2) is 8.78 Å². The molecular formula is C17H12F6N2O5. The highest BCUT2D eigenvalue weighted by Crippen LogP contribution is 2.37. The summed E-state index contributed by atoms with van der Waals surface area (Å²) in [6.45, 7) is -0.129. The van der Waals surface area contributed by atoms with Gasteiger partial charge < -0.3 is 15.2 Å². The van der Waals surface area contributed by atoms with Crippen molar-refractivity contribution in [1.29, 1.82) is 0 Å². The van der Waals surface area contributed by atoms with Gasteiger partial charge in [0.1, 0.15) is 12.2 Å². The van der Waals surface area contributed by atoms with Gasteiger partial charge in [0.2, 0.25) is 5.82 Å². The quantitative estimate of drug-likeness (QED) is 0.309. The minimum absolute atomic E-state index is 0.294. The molecule has 0 radical (unpaired) electrons. The maximum absolute atomic E-state index is 13.6. The predicted molar refractivity (Wildman–Crippen MR) is 89.2 cm³/mol. The number of nitrogens with zero attached hydrogens (tertiary/aromatic N) is 1. The molecule has 30 heavy (non-hydrogen) atoms. The number of halogens is 6. The summed E-state index contributed by atoms with van der Waals surface area (Å²) in [4.78, 5) is 21.6. The fourth-order valence-electron chi connectivity index (χ4n) is 2.17. The highest BCUT2D eigenvalue weighted by molar-refractivity contribution is 5.97. The molecule has 0 aliphatic carbocycles. The molecule has 1 amide bonds. The highest BCUT2D eigenvalue weighted by atomic mass is 19.4. The van der Waals surface area contributed by atoms with Gasteiger partial charge in [-0.15, -0.1) is 0 Å². The molecule has 0 unspecified atom stereocenters. The van der Waals surface area contributed by atoms with Crippen LogP contribution in [0, 0.1) is 27.6 Å². The third-order valence-electron chi connectivity index (χ3n) is 3.75. The number of nitrogens with one attached hydrogen (secondary N) is 1. The Hall–Kier alpha value is -3.35. The zero-order valence-electron chi connectivity index (χ0n) is 14.9. The van der Waals surface area contributed by atoms with Crippen molar-refractivity contribution in [3.8, 4) is 5.75 Å². The largest absolute Gasteiger partial charge is 0.487 e. The van der Waals surface area contributed by atoms with E-state index in [0.29, 0.717) is 24.3 Å². The summed E-state index contributed by atoms with van der Waals surface area (Å²) in [6.07, 6.45) is -5.10. The van der Waals surface area contributed by atoms with Crippen molar-refractivity contribution >= 4 is 17.3 Å². The lowest BCUT2D eigenvalue weighted by molar-refractivity contribution is -0.388. The summed E-state index contributed by atoms with van der Waals surface area (Å²) >= 11 is 0. The number of carbonyl (C=O) groups excluding carboxylic acids is 1. The number of rotatable bonds is 6. The summed E-state index contributed by atoms with van der Waals surface area (Å²) in [5, 5.41) is 22.8. The molecule has 2 N–H and O–H groups in total. The Morgan fingerprint density at radius 3 is 2.37 bits per heavy atom. The van der Waals surface area contributed by atoms with E-state index in [1.807, 2.05) is 5.32 Å². The van der Waals surface area contributed by atoms with E-state index in [0.717, 1.165) is 13.0 Å². The van der Waals surface area contributed by atoms with Gasteiger partial charge in [0.25, 0.3) is 11.6 Å². The van der Waals surface area contributed by atoms with E-state index < -0.39 is 69.4 Å². The van der Waals surface area contributed by atoms with Crippen LogP contribution in [-0.4, -0.2) is 28.1 Å². The topological polar surface area (TPSA) is 102 Å². The molecule has 0 bridgehead atoms. The van der Waals surface area contributed by atoms with Crippen molar-refractivity contribution in [2.75, 3.05) is 11.9 Å². The first-order valence-corrected chi connectivity index (χ1v) is 7.90. The maximum atomic E-state index is 13.6. The van der Waals surface area contributed by atoms with Gasteiger partial charge in [0.15, 0.2) is 23.0 Å². The zero-order valence-corrected chi connectivity index (χ0v) is 14.9. The second-order valence-corrected chi connectivity index (χ2v) is 6.18. The average molecular weight is 438 g/mol. The number of carbonyl (C=O) groups is 1. The number of hydrogen-bond donors (Lipinski definition) is 2. The lowest BCUT2D eigenvalue weighted by Crippen LogP contribution is -2.45. The number of hydrogen-bond acceptors (Lipinski definition) is 5. The Kier molecular flexibility index (Phi) is 6.25. The summed E-state index contributed by atoms with van der Waals surface area (Å²) < 4.78 is 83.4. The first-order valence-electron chi connectivity index (χ1n) is 7.90. The third-order valence-corrected chi connectivity index (χ3v) is 3.75. The monoisotopic (exact) mass is 438 g/mol. The van der Waals surface area contributed by atoms with Gasteiger partial charge in [-0.2, -0.15) is 17.6 Å². The van der Waals surface area contributed by atoms with E-state index in [-0.39, 0.29) is 0 Å². The Balaban J connectivity index is 2.18. The fraction of sp³-hybridized carbons (Fsp3) is 0.235. The first kappa shape index (κ1) is 22.9. The molecule has 2 aromatic carbocycles. The number of alkyl halides is 3. The van der Waals surface area contributed by atoms with Crippen molar-refractivity contribution in [3.63, 3.8) is 0 Å². The van der Waals surface area contributed by atoms with Crippen LogP contribution in [0.4, 0.5) is 37.7 Å². The molecule has 0 saturated heterocycles. The van der Waals surface area contributed by atoms with Gasteiger partial charge in [-0.05, 0) is 31.2 Å². The van der Waals surface area contributed by atoms with Crippen molar-refractivity contribution in [1.82, 2.24) is 0 Å². The summed E-state index contributed by atoms with van der Waals surface area (Å²) in [5.74, 6) is -7.19. The average Bonchev–Trinajstić information content (AvgIpc) is 2.64. The summed E-state index contributed by atoms with van der Waals surface area (Å²) in [7, 11) is 0. The van der Waals surface area contributed by atoms with Gasteiger partial charge in [-0.1, -0.05) is 0 Å². The SMILES string of the molecule is C[C@](O)(COc1ccc(F)c(F)c1F)C(=O)Nc1ccc([N+](=O)[O-])c(C(F)(F)F)c1. The minimum Gasteiger partial charge on any atom is -0.487 e. The number of anilines is 1. The van der Waals surface area contributed by atoms with E-state index in [2.05, 4.69) is 0 Å². The van der Waals surface area contributed by atoms with Crippen LogP contribution in [0.1, 0.15) is 12.5 Å². The smallest absolute Gasteiger partial charge is 0.423 e. The molecule has 13 heteroatoms. The lowest BCUT2D eigenvalue weighted by atomic mass is 10.1. The Bertz CT molecular complexity index is 993. The number of nitro groups is 1. The highest BCUT2D eigenvalue weighted by Gasteiger charge is 2.39. The predicted octanol–water partition coefficient (Wildman–Crippen LogP) is 3.80. The van der Waals surface area contributed by atoms with E-state index in [4.69, 9.17) is 4.74 Å². The molecule has 162 valence electrons. The molecule has 0 heterocycles. The van der Waals surface area contributed by atoms with Crippen LogP contribution >= 0.6 is 0 Å². The molecule has 0 aliphatic rings.